The van der Waals surface area contributed by atoms with Crippen LogP contribution in [0.15, 0.2) is 48.5 Å². The van der Waals surface area contributed by atoms with Gasteiger partial charge < -0.3 is 10.1 Å². The lowest BCUT2D eigenvalue weighted by atomic mass is 10.0. The second-order valence-corrected chi connectivity index (χ2v) is 5.31. The molecule has 4 heteroatoms. The summed E-state index contributed by atoms with van der Waals surface area (Å²) in [6.45, 7) is 4.74. The van der Waals surface area contributed by atoms with Gasteiger partial charge in [-0.1, -0.05) is 36.7 Å². The molecule has 0 aliphatic carbocycles. The molecular formula is C17H19ClFNO. The van der Waals surface area contributed by atoms with Gasteiger partial charge in [0, 0.05) is 5.02 Å². The van der Waals surface area contributed by atoms with Gasteiger partial charge in [0.1, 0.15) is 17.7 Å². The van der Waals surface area contributed by atoms with Crippen molar-refractivity contribution in [2.24, 2.45) is 0 Å². The van der Waals surface area contributed by atoms with Crippen LogP contribution >= 0.6 is 11.6 Å². The minimum Gasteiger partial charge on any atom is -0.489 e. The van der Waals surface area contributed by atoms with E-state index in [-0.39, 0.29) is 18.0 Å². The van der Waals surface area contributed by atoms with Crippen molar-refractivity contribution in [3.05, 3.63) is 64.9 Å². The van der Waals surface area contributed by atoms with Crippen LogP contribution < -0.4 is 10.1 Å². The van der Waals surface area contributed by atoms with Gasteiger partial charge in [0.25, 0.3) is 0 Å². The smallest absolute Gasteiger partial charge is 0.123 e. The first-order valence-corrected chi connectivity index (χ1v) is 7.39. The fourth-order valence-electron chi connectivity index (χ4n) is 2.30. The standard InChI is InChI=1S/C17H19ClFNO/c1-3-20-17(13-6-4-8-15(19)10-13)12(2)21-16-9-5-7-14(18)11-16/h4-12,17,20H,3H2,1-2H3. The van der Waals surface area contributed by atoms with Crippen LogP contribution in [0.25, 0.3) is 0 Å². The van der Waals surface area contributed by atoms with E-state index in [0.717, 1.165) is 12.1 Å². The Hall–Kier alpha value is -1.58. The van der Waals surface area contributed by atoms with E-state index >= 15 is 0 Å². The van der Waals surface area contributed by atoms with E-state index in [0.29, 0.717) is 10.8 Å². The first-order chi connectivity index (χ1) is 10.1. The maximum atomic E-state index is 13.4. The molecule has 0 aliphatic rings. The zero-order chi connectivity index (χ0) is 15.2. The fourth-order valence-corrected chi connectivity index (χ4v) is 2.48. The molecule has 0 amide bonds. The zero-order valence-electron chi connectivity index (χ0n) is 12.1. The molecule has 21 heavy (non-hydrogen) atoms. The molecule has 0 fully saturated rings. The van der Waals surface area contributed by atoms with Crippen LogP contribution in [0, 0.1) is 5.82 Å². The van der Waals surface area contributed by atoms with Gasteiger partial charge in [-0.05, 0) is 49.4 Å². The predicted molar refractivity (Wildman–Crippen MR) is 84.4 cm³/mol. The van der Waals surface area contributed by atoms with E-state index in [4.69, 9.17) is 16.3 Å². The first kappa shape index (κ1) is 15.8. The van der Waals surface area contributed by atoms with Crippen molar-refractivity contribution in [3.8, 4) is 5.75 Å². The highest BCUT2D eigenvalue weighted by molar-refractivity contribution is 6.30. The molecule has 0 aromatic heterocycles. The van der Waals surface area contributed by atoms with Crippen LogP contribution in [0.1, 0.15) is 25.5 Å². The van der Waals surface area contributed by atoms with Crippen LogP contribution in [-0.4, -0.2) is 12.6 Å². The monoisotopic (exact) mass is 307 g/mol. The number of halogens is 2. The molecule has 2 aromatic rings. The highest BCUT2D eigenvalue weighted by atomic mass is 35.5. The molecule has 2 atom stereocenters. The molecule has 0 spiro atoms. The Balaban J connectivity index is 2.17. The lowest BCUT2D eigenvalue weighted by Crippen LogP contribution is -2.33. The van der Waals surface area contributed by atoms with E-state index in [9.17, 15) is 4.39 Å². The lowest BCUT2D eigenvalue weighted by molar-refractivity contribution is 0.171. The van der Waals surface area contributed by atoms with Crippen molar-refractivity contribution in [2.45, 2.75) is 26.0 Å². The maximum Gasteiger partial charge on any atom is 0.123 e. The van der Waals surface area contributed by atoms with Gasteiger partial charge in [-0.25, -0.2) is 4.39 Å². The van der Waals surface area contributed by atoms with Gasteiger partial charge in [-0.15, -0.1) is 0 Å². The van der Waals surface area contributed by atoms with E-state index in [1.165, 1.54) is 12.1 Å². The van der Waals surface area contributed by atoms with Crippen molar-refractivity contribution in [1.82, 2.24) is 5.32 Å². The quantitative estimate of drug-likeness (QED) is 0.842. The summed E-state index contributed by atoms with van der Waals surface area (Å²) in [5.74, 6) is 0.458. The van der Waals surface area contributed by atoms with Crippen LogP contribution in [0.3, 0.4) is 0 Å². The van der Waals surface area contributed by atoms with Crippen molar-refractivity contribution < 1.29 is 9.13 Å². The molecule has 2 aromatic carbocycles. The van der Waals surface area contributed by atoms with E-state index < -0.39 is 0 Å². The molecule has 1 N–H and O–H groups in total. The number of hydrogen-bond acceptors (Lipinski definition) is 2. The largest absolute Gasteiger partial charge is 0.489 e. The first-order valence-electron chi connectivity index (χ1n) is 7.01. The molecule has 0 bridgehead atoms. The molecule has 0 heterocycles. The summed E-state index contributed by atoms with van der Waals surface area (Å²) in [5, 5.41) is 3.97. The molecule has 0 radical (unpaired) electrons. The molecule has 0 saturated heterocycles. The highest BCUT2D eigenvalue weighted by Crippen LogP contribution is 2.24. The minimum absolute atomic E-state index is 0.0929. The number of benzene rings is 2. The summed E-state index contributed by atoms with van der Waals surface area (Å²) < 4.78 is 19.4. The van der Waals surface area contributed by atoms with Gasteiger partial charge in [-0.3, -0.25) is 0 Å². The zero-order valence-corrected chi connectivity index (χ0v) is 12.9. The van der Waals surface area contributed by atoms with Gasteiger partial charge >= 0.3 is 0 Å². The summed E-state index contributed by atoms with van der Waals surface area (Å²) in [6.07, 6.45) is -0.162. The number of likely N-dealkylation sites (N-methyl/N-ethyl adjacent to an activating group) is 1. The third-order valence-electron chi connectivity index (χ3n) is 3.22. The summed E-state index contributed by atoms with van der Waals surface area (Å²) in [6, 6.07) is 13.8. The average molecular weight is 308 g/mol. The number of ether oxygens (including phenoxy) is 1. The molecular weight excluding hydrogens is 289 g/mol. The summed E-state index contributed by atoms with van der Waals surface area (Å²) in [5.41, 5.74) is 0.867. The van der Waals surface area contributed by atoms with Crippen LogP contribution in [0.2, 0.25) is 5.02 Å². The minimum atomic E-state index is -0.245. The molecule has 2 unspecified atom stereocenters. The molecule has 0 aliphatic heterocycles. The van der Waals surface area contributed by atoms with Crippen molar-refractivity contribution >= 4 is 11.6 Å². The fraction of sp³-hybridized carbons (Fsp3) is 0.294. The number of hydrogen-bond donors (Lipinski definition) is 1. The number of nitrogens with one attached hydrogen (secondary N) is 1. The van der Waals surface area contributed by atoms with Crippen molar-refractivity contribution in [2.75, 3.05) is 6.54 Å². The SMILES string of the molecule is CCNC(c1cccc(F)c1)C(C)Oc1cccc(Cl)c1. The Kier molecular flexibility index (Phi) is 5.59. The second kappa shape index (κ2) is 7.43. The third-order valence-corrected chi connectivity index (χ3v) is 3.45. The van der Waals surface area contributed by atoms with E-state index in [2.05, 4.69) is 5.32 Å². The van der Waals surface area contributed by atoms with Crippen LogP contribution in [-0.2, 0) is 0 Å². The van der Waals surface area contributed by atoms with Gasteiger partial charge in [0.2, 0.25) is 0 Å². The summed E-state index contributed by atoms with van der Waals surface area (Å²) in [7, 11) is 0. The highest BCUT2D eigenvalue weighted by Gasteiger charge is 2.20. The second-order valence-electron chi connectivity index (χ2n) is 4.87. The van der Waals surface area contributed by atoms with E-state index in [1.54, 1.807) is 18.2 Å². The topological polar surface area (TPSA) is 21.3 Å². The van der Waals surface area contributed by atoms with Crippen molar-refractivity contribution in [1.29, 1.82) is 0 Å². The van der Waals surface area contributed by atoms with Gasteiger partial charge in [0.05, 0.1) is 6.04 Å². The van der Waals surface area contributed by atoms with Gasteiger partial charge in [-0.2, -0.15) is 0 Å². The lowest BCUT2D eigenvalue weighted by Gasteiger charge is -2.26. The predicted octanol–water partition coefficient (Wildman–Crippen LogP) is 4.60. The van der Waals surface area contributed by atoms with Gasteiger partial charge in [0.15, 0.2) is 0 Å². The molecule has 2 nitrogen and oxygen atoms in total. The Morgan fingerprint density at radius 1 is 1.19 bits per heavy atom. The molecule has 2 rings (SSSR count). The van der Waals surface area contributed by atoms with Crippen molar-refractivity contribution in [3.63, 3.8) is 0 Å². The Morgan fingerprint density at radius 3 is 2.62 bits per heavy atom. The van der Waals surface area contributed by atoms with E-state index in [1.807, 2.05) is 32.0 Å². The Bertz CT molecular complexity index is 591. The summed E-state index contributed by atoms with van der Waals surface area (Å²) in [4.78, 5) is 0. The average Bonchev–Trinajstić information content (AvgIpc) is 2.44. The molecule has 0 saturated carbocycles. The normalized spacial score (nSPS) is 13.7. The Labute approximate surface area is 129 Å². The third kappa shape index (κ3) is 4.45. The Morgan fingerprint density at radius 2 is 1.95 bits per heavy atom. The number of rotatable bonds is 6. The van der Waals surface area contributed by atoms with Crippen LogP contribution in [0.4, 0.5) is 4.39 Å². The summed E-state index contributed by atoms with van der Waals surface area (Å²) >= 11 is 5.96. The maximum absolute atomic E-state index is 13.4. The van der Waals surface area contributed by atoms with Crippen LogP contribution in [0.5, 0.6) is 5.75 Å². The molecule has 112 valence electrons.